The molecule has 0 radical (unpaired) electrons. The summed E-state index contributed by atoms with van der Waals surface area (Å²) in [5.74, 6) is 0.829. The molecule has 2 N–H and O–H groups in total. The Morgan fingerprint density at radius 2 is 2.29 bits per heavy atom. The summed E-state index contributed by atoms with van der Waals surface area (Å²) < 4.78 is 5.78. The average Bonchev–Trinajstić information content (AvgIpc) is 2.38. The summed E-state index contributed by atoms with van der Waals surface area (Å²) in [7, 11) is 0. The molecule has 1 saturated heterocycles. The van der Waals surface area contributed by atoms with E-state index in [2.05, 4.69) is 18.7 Å². The van der Waals surface area contributed by atoms with Crippen LogP contribution in [0.4, 0.5) is 0 Å². The topological polar surface area (TPSA) is 38.5 Å². The molecule has 1 aliphatic carbocycles. The van der Waals surface area contributed by atoms with E-state index in [1.165, 1.54) is 25.7 Å². The van der Waals surface area contributed by atoms with Crippen molar-refractivity contribution in [2.45, 2.75) is 57.6 Å². The Balaban J connectivity index is 2.05. The van der Waals surface area contributed by atoms with Crippen molar-refractivity contribution in [3.8, 4) is 0 Å². The van der Waals surface area contributed by atoms with E-state index in [1.807, 2.05) is 0 Å². The highest BCUT2D eigenvalue weighted by Crippen LogP contribution is 2.37. The van der Waals surface area contributed by atoms with Crippen LogP contribution in [0.1, 0.15) is 46.0 Å². The van der Waals surface area contributed by atoms with Gasteiger partial charge in [-0.1, -0.05) is 26.7 Å². The van der Waals surface area contributed by atoms with Crippen LogP contribution in [-0.4, -0.2) is 42.8 Å². The van der Waals surface area contributed by atoms with Gasteiger partial charge in [-0.05, 0) is 25.2 Å². The number of rotatable bonds is 3. The summed E-state index contributed by atoms with van der Waals surface area (Å²) >= 11 is 0. The molecule has 0 bridgehead atoms. The van der Waals surface area contributed by atoms with Crippen LogP contribution in [0.3, 0.4) is 0 Å². The van der Waals surface area contributed by atoms with Gasteiger partial charge in [0.15, 0.2) is 0 Å². The van der Waals surface area contributed by atoms with Gasteiger partial charge < -0.3 is 10.5 Å². The SMILES string of the molecule is CCC1CN(C2(CN)CCCC(C)C2)CCO1. The van der Waals surface area contributed by atoms with Gasteiger partial charge in [-0.3, -0.25) is 4.90 Å². The van der Waals surface area contributed by atoms with Gasteiger partial charge in [-0.15, -0.1) is 0 Å². The summed E-state index contributed by atoms with van der Waals surface area (Å²) in [6.45, 7) is 8.44. The molecular formula is C14H28N2O. The second-order valence-electron chi connectivity index (χ2n) is 5.98. The van der Waals surface area contributed by atoms with Crippen molar-refractivity contribution < 1.29 is 4.74 Å². The van der Waals surface area contributed by atoms with Crippen molar-refractivity contribution in [3.05, 3.63) is 0 Å². The Bertz CT molecular complexity index is 246. The molecule has 2 rings (SSSR count). The maximum atomic E-state index is 6.14. The van der Waals surface area contributed by atoms with Gasteiger partial charge in [0.2, 0.25) is 0 Å². The minimum absolute atomic E-state index is 0.273. The van der Waals surface area contributed by atoms with Crippen LogP contribution in [0.15, 0.2) is 0 Å². The lowest BCUT2D eigenvalue weighted by Gasteiger charge is -2.50. The van der Waals surface area contributed by atoms with Gasteiger partial charge in [0, 0.05) is 25.2 Å². The molecular weight excluding hydrogens is 212 g/mol. The third-order valence-corrected chi connectivity index (χ3v) is 4.71. The highest BCUT2D eigenvalue weighted by Gasteiger charge is 2.40. The zero-order chi connectivity index (χ0) is 12.3. The standard InChI is InChI=1S/C14H28N2O/c1-3-13-10-16(7-8-17-13)14(11-15)6-4-5-12(2)9-14/h12-13H,3-11,15H2,1-2H3. The average molecular weight is 240 g/mol. The minimum Gasteiger partial charge on any atom is -0.376 e. The number of hydrogen-bond acceptors (Lipinski definition) is 3. The maximum absolute atomic E-state index is 6.14. The Morgan fingerprint density at radius 1 is 1.47 bits per heavy atom. The van der Waals surface area contributed by atoms with Gasteiger partial charge in [0.1, 0.15) is 0 Å². The Morgan fingerprint density at radius 3 is 2.94 bits per heavy atom. The molecule has 3 nitrogen and oxygen atoms in total. The first-order valence-electron chi connectivity index (χ1n) is 7.27. The van der Waals surface area contributed by atoms with Crippen molar-refractivity contribution in [3.63, 3.8) is 0 Å². The van der Waals surface area contributed by atoms with Crippen LogP contribution in [0, 0.1) is 5.92 Å². The zero-order valence-corrected chi connectivity index (χ0v) is 11.5. The Kier molecular flexibility index (Phi) is 4.45. The second-order valence-corrected chi connectivity index (χ2v) is 5.98. The van der Waals surface area contributed by atoms with E-state index in [4.69, 9.17) is 10.5 Å². The van der Waals surface area contributed by atoms with E-state index >= 15 is 0 Å². The summed E-state index contributed by atoms with van der Waals surface area (Å²) in [6.07, 6.45) is 6.82. The predicted molar refractivity (Wildman–Crippen MR) is 71.0 cm³/mol. The highest BCUT2D eigenvalue weighted by molar-refractivity contribution is 4.97. The largest absolute Gasteiger partial charge is 0.376 e. The molecule has 2 aliphatic rings. The lowest BCUT2D eigenvalue weighted by molar-refractivity contribution is -0.0824. The van der Waals surface area contributed by atoms with E-state index in [0.29, 0.717) is 6.10 Å². The molecule has 2 fully saturated rings. The summed E-state index contributed by atoms with van der Waals surface area (Å²) in [5.41, 5.74) is 6.41. The van der Waals surface area contributed by atoms with Crippen LogP contribution in [0.2, 0.25) is 0 Å². The van der Waals surface area contributed by atoms with Crippen LogP contribution in [0.25, 0.3) is 0 Å². The van der Waals surface area contributed by atoms with Crippen LogP contribution < -0.4 is 5.73 Å². The molecule has 0 amide bonds. The van der Waals surface area contributed by atoms with E-state index in [9.17, 15) is 0 Å². The number of morpholine rings is 1. The fourth-order valence-corrected chi connectivity index (χ4v) is 3.63. The van der Waals surface area contributed by atoms with E-state index in [0.717, 1.165) is 38.6 Å². The number of ether oxygens (including phenoxy) is 1. The number of hydrogen-bond donors (Lipinski definition) is 1. The lowest BCUT2D eigenvalue weighted by Crippen LogP contribution is -2.60. The molecule has 0 aromatic heterocycles. The van der Waals surface area contributed by atoms with Gasteiger partial charge in [-0.25, -0.2) is 0 Å². The van der Waals surface area contributed by atoms with Gasteiger partial charge in [0.05, 0.1) is 12.7 Å². The van der Waals surface area contributed by atoms with Crippen molar-refractivity contribution in [2.75, 3.05) is 26.2 Å². The van der Waals surface area contributed by atoms with Gasteiger partial charge in [-0.2, -0.15) is 0 Å². The summed E-state index contributed by atoms with van der Waals surface area (Å²) in [6, 6.07) is 0. The third kappa shape index (κ3) is 2.83. The predicted octanol–water partition coefficient (Wildman–Crippen LogP) is 2.00. The molecule has 17 heavy (non-hydrogen) atoms. The maximum Gasteiger partial charge on any atom is 0.0700 e. The lowest BCUT2D eigenvalue weighted by atomic mass is 9.75. The fraction of sp³-hybridized carbons (Fsp3) is 1.00. The smallest absolute Gasteiger partial charge is 0.0700 e. The molecule has 0 aromatic carbocycles. The molecule has 3 unspecified atom stereocenters. The van der Waals surface area contributed by atoms with Crippen LogP contribution in [0.5, 0.6) is 0 Å². The van der Waals surface area contributed by atoms with Gasteiger partial charge >= 0.3 is 0 Å². The number of nitrogens with zero attached hydrogens (tertiary/aromatic N) is 1. The number of nitrogens with two attached hydrogens (primary N) is 1. The van der Waals surface area contributed by atoms with Gasteiger partial charge in [0.25, 0.3) is 0 Å². The molecule has 1 saturated carbocycles. The van der Waals surface area contributed by atoms with Crippen molar-refractivity contribution >= 4 is 0 Å². The highest BCUT2D eigenvalue weighted by atomic mass is 16.5. The van der Waals surface area contributed by atoms with Crippen molar-refractivity contribution in [1.82, 2.24) is 4.90 Å². The first-order valence-corrected chi connectivity index (χ1v) is 7.27. The van der Waals surface area contributed by atoms with Crippen LogP contribution >= 0.6 is 0 Å². The second kappa shape index (κ2) is 5.68. The Hall–Kier alpha value is -0.120. The zero-order valence-electron chi connectivity index (χ0n) is 11.5. The Labute approximate surface area is 106 Å². The summed E-state index contributed by atoms with van der Waals surface area (Å²) in [4.78, 5) is 2.64. The normalized spacial score (nSPS) is 40.4. The molecule has 3 heteroatoms. The van der Waals surface area contributed by atoms with E-state index in [1.54, 1.807) is 0 Å². The van der Waals surface area contributed by atoms with Crippen molar-refractivity contribution in [2.24, 2.45) is 11.7 Å². The molecule has 1 aliphatic heterocycles. The van der Waals surface area contributed by atoms with Crippen molar-refractivity contribution in [1.29, 1.82) is 0 Å². The van der Waals surface area contributed by atoms with Crippen LogP contribution in [-0.2, 0) is 4.74 Å². The molecule has 0 spiro atoms. The quantitative estimate of drug-likeness (QED) is 0.820. The first kappa shape index (κ1) is 13.3. The molecule has 3 atom stereocenters. The molecule has 1 heterocycles. The van der Waals surface area contributed by atoms with E-state index in [-0.39, 0.29) is 5.54 Å². The molecule has 100 valence electrons. The first-order chi connectivity index (χ1) is 8.20. The van der Waals surface area contributed by atoms with E-state index < -0.39 is 0 Å². The minimum atomic E-state index is 0.273. The summed E-state index contributed by atoms with van der Waals surface area (Å²) in [5, 5.41) is 0. The fourth-order valence-electron chi connectivity index (χ4n) is 3.63. The third-order valence-electron chi connectivity index (χ3n) is 4.71. The molecule has 0 aromatic rings. The monoisotopic (exact) mass is 240 g/mol.